The summed E-state index contributed by atoms with van der Waals surface area (Å²) in [5.41, 5.74) is 2.76. The zero-order valence-corrected chi connectivity index (χ0v) is 17.6. The minimum atomic E-state index is -0.533. The molecule has 0 saturated carbocycles. The zero-order valence-electron chi connectivity index (χ0n) is 17.6. The molecule has 1 N–H and O–H groups in total. The largest absolute Gasteiger partial charge is 0.348 e. The Morgan fingerprint density at radius 2 is 1.83 bits per heavy atom. The summed E-state index contributed by atoms with van der Waals surface area (Å²) < 4.78 is 17.1. The molecule has 2 heterocycles. The summed E-state index contributed by atoms with van der Waals surface area (Å²) in [4.78, 5) is 25.4. The lowest BCUT2D eigenvalue weighted by Crippen LogP contribution is -2.35. The van der Waals surface area contributed by atoms with E-state index >= 15 is 0 Å². The molecule has 29 heavy (non-hydrogen) atoms. The summed E-state index contributed by atoms with van der Waals surface area (Å²) in [5, 5.41) is 12.0. The molecule has 0 fully saturated rings. The minimum Gasteiger partial charge on any atom is -0.348 e. The number of aromatic nitrogens is 4. The number of amides is 1. The molecule has 0 spiro atoms. The number of nitrogens with one attached hydrogen (secondary N) is 1. The fourth-order valence-electron chi connectivity index (χ4n) is 3.52. The SMILES string of the molecule is Cc1ccc([C@H](C)NC(=O)Cn2nc(C)c3c(c(C)nn3C(C)C)c2=O)c(F)c1. The first-order chi connectivity index (χ1) is 13.6. The molecule has 0 unspecified atom stereocenters. The summed E-state index contributed by atoms with van der Waals surface area (Å²) in [5.74, 6) is -0.790. The molecule has 7 nitrogen and oxygen atoms in total. The van der Waals surface area contributed by atoms with Crippen molar-refractivity contribution in [3.05, 3.63) is 56.9 Å². The van der Waals surface area contributed by atoms with Gasteiger partial charge in [-0.15, -0.1) is 0 Å². The van der Waals surface area contributed by atoms with Crippen molar-refractivity contribution in [1.82, 2.24) is 24.9 Å². The molecule has 1 amide bonds. The fraction of sp³-hybridized carbons (Fsp3) is 0.429. The van der Waals surface area contributed by atoms with Crippen LogP contribution in [-0.4, -0.2) is 25.5 Å². The van der Waals surface area contributed by atoms with E-state index in [1.807, 2.05) is 13.8 Å². The number of rotatable bonds is 5. The first-order valence-electron chi connectivity index (χ1n) is 9.62. The summed E-state index contributed by atoms with van der Waals surface area (Å²) in [7, 11) is 0. The van der Waals surface area contributed by atoms with E-state index in [1.54, 1.807) is 44.5 Å². The van der Waals surface area contributed by atoms with E-state index in [2.05, 4.69) is 15.5 Å². The van der Waals surface area contributed by atoms with Gasteiger partial charge in [-0.3, -0.25) is 14.3 Å². The molecule has 0 aliphatic heterocycles. The fourth-order valence-corrected chi connectivity index (χ4v) is 3.52. The topological polar surface area (TPSA) is 81.8 Å². The van der Waals surface area contributed by atoms with Crippen molar-refractivity contribution in [3.8, 4) is 0 Å². The highest BCUT2D eigenvalue weighted by molar-refractivity contribution is 5.83. The Morgan fingerprint density at radius 1 is 1.14 bits per heavy atom. The summed E-state index contributed by atoms with van der Waals surface area (Å²) in [6.07, 6.45) is 0. The summed E-state index contributed by atoms with van der Waals surface area (Å²) in [6, 6.07) is 4.42. The molecule has 0 radical (unpaired) electrons. The highest BCUT2D eigenvalue weighted by Gasteiger charge is 2.20. The summed E-state index contributed by atoms with van der Waals surface area (Å²) >= 11 is 0. The lowest BCUT2D eigenvalue weighted by Gasteiger charge is -2.16. The minimum absolute atomic E-state index is 0.0792. The molecule has 3 rings (SSSR count). The van der Waals surface area contributed by atoms with E-state index in [9.17, 15) is 14.0 Å². The second-order valence-corrected chi connectivity index (χ2v) is 7.71. The molecule has 2 aromatic heterocycles. The van der Waals surface area contributed by atoms with Crippen LogP contribution < -0.4 is 10.9 Å². The maximum atomic E-state index is 14.2. The molecule has 1 atom stereocenters. The number of halogens is 1. The Balaban J connectivity index is 1.88. The van der Waals surface area contributed by atoms with E-state index < -0.39 is 11.9 Å². The Hall–Kier alpha value is -3.03. The molecular weight excluding hydrogens is 373 g/mol. The van der Waals surface area contributed by atoms with E-state index in [1.165, 1.54) is 6.07 Å². The highest BCUT2D eigenvalue weighted by Crippen LogP contribution is 2.21. The third-order valence-electron chi connectivity index (χ3n) is 4.93. The number of carbonyl (C=O) groups excluding carboxylic acids is 1. The van der Waals surface area contributed by atoms with Gasteiger partial charge < -0.3 is 5.32 Å². The van der Waals surface area contributed by atoms with E-state index in [-0.39, 0.29) is 24.0 Å². The van der Waals surface area contributed by atoms with Gasteiger partial charge in [-0.2, -0.15) is 10.2 Å². The van der Waals surface area contributed by atoms with Gasteiger partial charge in [0.05, 0.1) is 28.3 Å². The maximum absolute atomic E-state index is 14.2. The Bertz CT molecular complexity index is 1150. The van der Waals surface area contributed by atoms with Crippen molar-refractivity contribution < 1.29 is 9.18 Å². The Morgan fingerprint density at radius 3 is 2.45 bits per heavy atom. The lowest BCUT2D eigenvalue weighted by molar-refractivity contribution is -0.122. The highest BCUT2D eigenvalue weighted by atomic mass is 19.1. The normalized spacial score (nSPS) is 12.6. The van der Waals surface area contributed by atoms with Crippen molar-refractivity contribution in [1.29, 1.82) is 0 Å². The lowest BCUT2D eigenvalue weighted by atomic mass is 10.1. The molecule has 154 valence electrons. The number of aryl methyl sites for hydroxylation is 3. The van der Waals surface area contributed by atoms with Crippen LogP contribution in [0, 0.1) is 26.6 Å². The number of carbonyl (C=O) groups is 1. The van der Waals surface area contributed by atoms with Crippen molar-refractivity contribution in [2.75, 3.05) is 0 Å². The predicted molar refractivity (Wildman–Crippen MR) is 109 cm³/mol. The number of benzene rings is 1. The van der Waals surface area contributed by atoms with Gasteiger partial charge in [-0.05, 0) is 53.2 Å². The monoisotopic (exact) mass is 399 g/mol. The van der Waals surface area contributed by atoms with Crippen LogP contribution >= 0.6 is 0 Å². The molecule has 0 bridgehead atoms. The van der Waals surface area contributed by atoms with Crippen LogP contribution in [0.1, 0.15) is 55.4 Å². The third kappa shape index (κ3) is 3.92. The Labute approximate surface area is 168 Å². The predicted octanol–water partition coefficient (Wildman–Crippen LogP) is 3.12. The van der Waals surface area contributed by atoms with Crippen LogP contribution in [0.15, 0.2) is 23.0 Å². The van der Waals surface area contributed by atoms with Crippen LogP contribution in [0.25, 0.3) is 10.9 Å². The zero-order chi connectivity index (χ0) is 21.5. The number of fused-ring (bicyclic) bond motifs is 1. The van der Waals surface area contributed by atoms with Crippen LogP contribution in [0.3, 0.4) is 0 Å². The van der Waals surface area contributed by atoms with Crippen molar-refractivity contribution in [3.63, 3.8) is 0 Å². The van der Waals surface area contributed by atoms with Crippen LogP contribution in [-0.2, 0) is 11.3 Å². The number of hydrogen-bond donors (Lipinski definition) is 1. The van der Waals surface area contributed by atoms with Gasteiger partial charge in [0.15, 0.2) is 0 Å². The molecular formula is C21H26FN5O2. The van der Waals surface area contributed by atoms with E-state index in [4.69, 9.17) is 0 Å². The molecule has 0 saturated heterocycles. The van der Waals surface area contributed by atoms with Gasteiger partial charge in [0, 0.05) is 11.6 Å². The second kappa shape index (κ2) is 7.77. The molecule has 3 aromatic rings. The van der Waals surface area contributed by atoms with Gasteiger partial charge in [0.25, 0.3) is 5.56 Å². The average Bonchev–Trinajstić information content (AvgIpc) is 2.97. The average molecular weight is 399 g/mol. The Kier molecular flexibility index (Phi) is 5.55. The first kappa shape index (κ1) is 20.7. The number of nitrogens with zero attached hydrogens (tertiary/aromatic N) is 4. The standard InChI is InChI=1S/C21H26FN5O2/c1-11(2)27-20-15(6)24-26(21(29)19(20)14(5)25-27)10-18(28)23-13(4)16-8-7-12(3)9-17(16)22/h7-9,11,13H,10H2,1-6H3,(H,23,28)/t13-/m0/s1. The molecule has 0 aliphatic rings. The van der Waals surface area contributed by atoms with Gasteiger partial charge in [0.2, 0.25) is 5.91 Å². The quantitative estimate of drug-likeness (QED) is 0.715. The number of hydrogen-bond acceptors (Lipinski definition) is 4. The second-order valence-electron chi connectivity index (χ2n) is 7.71. The van der Waals surface area contributed by atoms with Gasteiger partial charge in [-0.1, -0.05) is 12.1 Å². The van der Waals surface area contributed by atoms with Crippen LogP contribution in [0.2, 0.25) is 0 Å². The van der Waals surface area contributed by atoms with E-state index in [0.717, 1.165) is 10.2 Å². The van der Waals surface area contributed by atoms with Gasteiger partial charge in [-0.25, -0.2) is 9.07 Å². The smallest absolute Gasteiger partial charge is 0.278 e. The maximum Gasteiger partial charge on any atom is 0.278 e. The molecule has 1 aromatic carbocycles. The van der Waals surface area contributed by atoms with Crippen molar-refractivity contribution in [2.45, 2.75) is 60.2 Å². The van der Waals surface area contributed by atoms with Crippen LogP contribution in [0.5, 0.6) is 0 Å². The van der Waals surface area contributed by atoms with Crippen molar-refractivity contribution in [2.24, 2.45) is 0 Å². The molecule has 8 heteroatoms. The third-order valence-corrected chi connectivity index (χ3v) is 4.93. The van der Waals surface area contributed by atoms with E-state index in [0.29, 0.717) is 27.9 Å². The van der Waals surface area contributed by atoms with Crippen LogP contribution in [0.4, 0.5) is 4.39 Å². The first-order valence-corrected chi connectivity index (χ1v) is 9.62. The molecule has 0 aliphatic carbocycles. The van der Waals surface area contributed by atoms with Gasteiger partial charge in [0.1, 0.15) is 12.4 Å². The van der Waals surface area contributed by atoms with Crippen molar-refractivity contribution >= 4 is 16.8 Å². The van der Waals surface area contributed by atoms with Gasteiger partial charge >= 0.3 is 0 Å². The summed E-state index contributed by atoms with van der Waals surface area (Å²) in [6.45, 7) is 10.8.